The highest BCUT2D eigenvalue weighted by Gasteiger charge is 2.17. The Labute approximate surface area is 83.6 Å². The quantitative estimate of drug-likeness (QED) is 0.553. The fourth-order valence-corrected chi connectivity index (χ4v) is 1.54. The lowest BCUT2D eigenvalue weighted by atomic mass is 10.6. The average molecular weight is 245 g/mol. The van der Waals surface area contributed by atoms with Crippen LogP contribution in [0.2, 0.25) is 10.3 Å². The number of aromatic nitrogens is 2. The molecule has 0 spiro atoms. The maximum Gasteiger partial charge on any atom is 0.249 e. The molecule has 4 nitrogen and oxygen atoms in total. The molecule has 0 amide bonds. The molecule has 0 aliphatic rings. The van der Waals surface area contributed by atoms with Crippen LogP contribution in [0.25, 0.3) is 0 Å². The van der Waals surface area contributed by atoms with Crippen LogP contribution in [0.1, 0.15) is 0 Å². The molecule has 0 saturated heterocycles. The molecule has 0 atom stereocenters. The van der Waals surface area contributed by atoms with Crippen LogP contribution in [-0.4, -0.2) is 24.6 Å². The van der Waals surface area contributed by atoms with Crippen molar-refractivity contribution in [3.05, 3.63) is 16.1 Å². The standard InChI is InChI=1S/C5H3Cl2FN2O2S/c1-13(11,12)5-9-3(6)2(8)4(7)10-5/h1H3. The molecule has 1 aromatic rings. The van der Waals surface area contributed by atoms with E-state index in [1.165, 1.54) is 0 Å². The maximum absolute atomic E-state index is 12.7. The van der Waals surface area contributed by atoms with E-state index in [9.17, 15) is 12.8 Å². The van der Waals surface area contributed by atoms with Crippen LogP contribution in [0.5, 0.6) is 0 Å². The molecule has 0 aliphatic heterocycles. The van der Waals surface area contributed by atoms with E-state index in [1.54, 1.807) is 0 Å². The average Bonchev–Trinajstić information content (AvgIpc) is 1.97. The molecule has 0 bridgehead atoms. The summed E-state index contributed by atoms with van der Waals surface area (Å²) in [5.41, 5.74) is 0. The van der Waals surface area contributed by atoms with Crippen molar-refractivity contribution in [3.63, 3.8) is 0 Å². The first kappa shape index (κ1) is 10.6. The number of hydrogen-bond acceptors (Lipinski definition) is 4. The fraction of sp³-hybridized carbons (Fsp3) is 0.200. The molecule has 13 heavy (non-hydrogen) atoms. The monoisotopic (exact) mass is 244 g/mol. The van der Waals surface area contributed by atoms with E-state index in [2.05, 4.69) is 9.97 Å². The zero-order valence-electron chi connectivity index (χ0n) is 6.25. The molecule has 0 fully saturated rings. The van der Waals surface area contributed by atoms with Crippen LogP contribution in [-0.2, 0) is 9.84 Å². The molecule has 0 aromatic carbocycles. The first-order valence-electron chi connectivity index (χ1n) is 2.91. The third-order valence-corrected chi connectivity index (χ3v) is 2.43. The van der Waals surface area contributed by atoms with E-state index < -0.39 is 31.1 Å². The van der Waals surface area contributed by atoms with E-state index in [1.807, 2.05) is 0 Å². The van der Waals surface area contributed by atoms with Gasteiger partial charge in [0.2, 0.25) is 15.0 Å². The second-order valence-electron chi connectivity index (χ2n) is 2.17. The summed E-state index contributed by atoms with van der Waals surface area (Å²) in [6, 6.07) is 0. The molecule has 0 radical (unpaired) electrons. The lowest BCUT2D eigenvalue weighted by Crippen LogP contribution is -2.05. The Morgan fingerprint density at radius 3 is 1.92 bits per heavy atom. The summed E-state index contributed by atoms with van der Waals surface area (Å²) in [7, 11) is -3.62. The van der Waals surface area contributed by atoms with Gasteiger partial charge in [0.15, 0.2) is 16.1 Å². The van der Waals surface area contributed by atoms with Gasteiger partial charge in [-0.1, -0.05) is 23.2 Å². The summed E-state index contributed by atoms with van der Waals surface area (Å²) >= 11 is 10.5. The van der Waals surface area contributed by atoms with Gasteiger partial charge >= 0.3 is 0 Å². The van der Waals surface area contributed by atoms with Crippen molar-refractivity contribution in [3.8, 4) is 0 Å². The molecular formula is C5H3Cl2FN2O2S. The molecule has 8 heteroatoms. The molecule has 1 heterocycles. The van der Waals surface area contributed by atoms with Crippen LogP contribution in [0, 0.1) is 5.82 Å². The van der Waals surface area contributed by atoms with Crippen LogP contribution in [0.3, 0.4) is 0 Å². The number of hydrogen-bond donors (Lipinski definition) is 0. The number of rotatable bonds is 1. The van der Waals surface area contributed by atoms with Gasteiger partial charge in [-0.25, -0.2) is 22.8 Å². The van der Waals surface area contributed by atoms with Gasteiger partial charge in [-0.3, -0.25) is 0 Å². The third kappa shape index (κ3) is 2.26. The molecule has 0 N–H and O–H groups in total. The van der Waals surface area contributed by atoms with Gasteiger partial charge in [-0.15, -0.1) is 0 Å². The van der Waals surface area contributed by atoms with Gasteiger partial charge in [0, 0.05) is 6.26 Å². The van der Waals surface area contributed by atoms with Crippen molar-refractivity contribution in [1.29, 1.82) is 0 Å². The highest BCUT2D eigenvalue weighted by atomic mass is 35.5. The molecule has 0 aliphatic carbocycles. The predicted octanol–water partition coefficient (Wildman–Crippen LogP) is 1.33. The molecule has 0 saturated carbocycles. The SMILES string of the molecule is CS(=O)(=O)c1nc(Cl)c(F)c(Cl)n1. The summed E-state index contributed by atoms with van der Waals surface area (Å²) in [5.74, 6) is -1.03. The molecule has 1 rings (SSSR count). The van der Waals surface area contributed by atoms with Crippen molar-refractivity contribution in [2.24, 2.45) is 0 Å². The van der Waals surface area contributed by atoms with E-state index in [0.717, 1.165) is 6.26 Å². The Hall–Kier alpha value is -0.460. The van der Waals surface area contributed by atoms with Crippen molar-refractivity contribution in [1.82, 2.24) is 9.97 Å². The Balaban J connectivity index is 3.47. The van der Waals surface area contributed by atoms with Crippen molar-refractivity contribution < 1.29 is 12.8 Å². The molecular weight excluding hydrogens is 242 g/mol. The van der Waals surface area contributed by atoms with E-state index in [0.29, 0.717) is 0 Å². The zero-order chi connectivity index (χ0) is 10.2. The topological polar surface area (TPSA) is 59.9 Å². The largest absolute Gasteiger partial charge is 0.249 e. The van der Waals surface area contributed by atoms with Crippen LogP contribution >= 0.6 is 23.2 Å². The van der Waals surface area contributed by atoms with Crippen LogP contribution in [0.15, 0.2) is 5.16 Å². The fourth-order valence-electron chi connectivity index (χ4n) is 0.542. The normalized spacial score (nSPS) is 11.7. The Kier molecular flexibility index (Phi) is 2.74. The summed E-state index contributed by atoms with van der Waals surface area (Å²) in [6.45, 7) is 0. The van der Waals surface area contributed by atoms with E-state index in [4.69, 9.17) is 23.2 Å². The minimum atomic E-state index is -3.62. The number of nitrogens with zero attached hydrogens (tertiary/aromatic N) is 2. The highest BCUT2D eigenvalue weighted by Crippen LogP contribution is 2.20. The Bertz CT molecular complexity index is 425. The van der Waals surface area contributed by atoms with Crippen molar-refractivity contribution in [2.45, 2.75) is 5.16 Å². The Morgan fingerprint density at radius 1 is 1.23 bits per heavy atom. The van der Waals surface area contributed by atoms with E-state index in [-0.39, 0.29) is 0 Å². The lowest BCUT2D eigenvalue weighted by molar-refractivity contribution is 0.581. The first-order valence-corrected chi connectivity index (χ1v) is 5.55. The van der Waals surface area contributed by atoms with E-state index >= 15 is 0 Å². The number of sulfone groups is 1. The van der Waals surface area contributed by atoms with Crippen LogP contribution in [0.4, 0.5) is 4.39 Å². The van der Waals surface area contributed by atoms with Gasteiger partial charge in [-0.05, 0) is 0 Å². The smallest absolute Gasteiger partial charge is 0.221 e. The minimum absolute atomic E-state index is 0.594. The van der Waals surface area contributed by atoms with Crippen LogP contribution < -0.4 is 0 Å². The van der Waals surface area contributed by atoms with Gasteiger partial charge in [0.25, 0.3) is 0 Å². The first-order chi connectivity index (χ1) is 5.82. The van der Waals surface area contributed by atoms with Gasteiger partial charge in [0.1, 0.15) is 0 Å². The molecule has 1 aromatic heterocycles. The minimum Gasteiger partial charge on any atom is -0.221 e. The third-order valence-electron chi connectivity index (χ3n) is 1.08. The summed E-state index contributed by atoms with van der Waals surface area (Å²) in [5, 5.41) is -1.82. The van der Waals surface area contributed by atoms with Gasteiger partial charge in [0.05, 0.1) is 0 Å². The second-order valence-corrected chi connectivity index (χ2v) is 4.80. The number of halogens is 3. The lowest BCUT2D eigenvalue weighted by Gasteiger charge is -1.99. The van der Waals surface area contributed by atoms with Gasteiger partial charge in [-0.2, -0.15) is 0 Å². The summed E-state index contributed by atoms with van der Waals surface area (Å²) in [4.78, 5) is 6.42. The molecule has 0 unspecified atom stereocenters. The summed E-state index contributed by atoms with van der Waals surface area (Å²) in [6.07, 6.45) is 0.868. The summed E-state index contributed by atoms with van der Waals surface area (Å²) < 4.78 is 34.5. The van der Waals surface area contributed by atoms with Crippen molar-refractivity contribution >= 4 is 33.0 Å². The zero-order valence-corrected chi connectivity index (χ0v) is 8.58. The van der Waals surface area contributed by atoms with Gasteiger partial charge < -0.3 is 0 Å². The Morgan fingerprint density at radius 2 is 1.62 bits per heavy atom. The predicted molar refractivity (Wildman–Crippen MR) is 45.1 cm³/mol. The van der Waals surface area contributed by atoms with Crippen molar-refractivity contribution in [2.75, 3.05) is 6.26 Å². The highest BCUT2D eigenvalue weighted by molar-refractivity contribution is 7.90. The second kappa shape index (κ2) is 3.36. The maximum atomic E-state index is 12.7. The molecule has 72 valence electrons.